The molecule has 1 saturated heterocycles. The SMILES string of the molecule is CC1C(=O)NCC(=O)N1Cc1ccc(F)c(Br)c1. The van der Waals surface area contributed by atoms with E-state index in [1.807, 2.05) is 0 Å². The van der Waals surface area contributed by atoms with E-state index < -0.39 is 6.04 Å². The molecule has 6 heteroatoms. The van der Waals surface area contributed by atoms with Crippen molar-refractivity contribution in [3.05, 3.63) is 34.1 Å². The molecule has 1 aliphatic rings. The fourth-order valence-corrected chi connectivity index (χ4v) is 2.26. The van der Waals surface area contributed by atoms with E-state index >= 15 is 0 Å². The van der Waals surface area contributed by atoms with Gasteiger partial charge in [-0.2, -0.15) is 0 Å². The Labute approximate surface area is 112 Å². The number of hydrogen-bond acceptors (Lipinski definition) is 2. The van der Waals surface area contributed by atoms with Gasteiger partial charge in [0.15, 0.2) is 0 Å². The van der Waals surface area contributed by atoms with Gasteiger partial charge in [-0.05, 0) is 40.5 Å². The van der Waals surface area contributed by atoms with Gasteiger partial charge in [-0.25, -0.2) is 4.39 Å². The number of hydrogen-bond donors (Lipinski definition) is 1. The van der Waals surface area contributed by atoms with Gasteiger partial charge in [-0.3, -0.25) is 9.59 Å². The highest BCUT2D eigenvalue weighted by Gasteiger charge is 2.30. The average molecular weight is 315 g/mol. The molecule has 4 nitrogen and oxygen atoms in total. The van der Waals surface area contributed by atoms with E-state index in [9.17, 15) is 14.0 Å². The third-order valence-electron chi connectivity index (χ3n) is 2.92. The second-order valence-corrected chi connectivity index (χ2v) is 5.02. The maximum Gasteiger partial charge on any atom is 0.242 e. The molecule has 1 aromatic carbocycles. The number of rotatable bonds is 2. The summed E-state index contributed by atoms with van der Waals surface area (Å²) < 4.78 is 13.4. The van der Waals surface area contributed by atoms with Gasteiger partial charge in [0, 0.05) is 6.54 Å². The van der Waals surface area contributed by atoms with Gasteiger partial charge in [0.1, 0.15) is 11.9 Å². The molecule has 96 valence electrons. The van der Waals surface area contributed by atoms with Gasteiger partial charge >= 0.3 is 0 Å². The minimum atomic E-state index is -0.505. The second-order valence-electron chi connectivity index (χ2n) is 4.16. The van der Waals surface area contributed by atoms with Crippen LogP contribution in [0.2, 0.25) is 0 Å². The summed E-state index contributed by atoms with van der Waals surface area (Å²) in [5.74, 6) is -0.659. The van der Waals surface area contributed by atoms with Crippen molar-refractivity contribution in [2.45, 2.75) is 19.5 Å². The van der Waals surface area contributed by atoms with E-state index in [4.69, 9.17) is 0 Å². The smallest absolute Gasteiger partial charge is 0.242 e. The van der Waals surface area contributed by atoms with Gasteiger partial charge in [0.05, 0.1) is 11.0 Å². The van der Waals surface area contributed by atoms with Crippen molar-refractivity contribution in [2.24, 2.45) is 0 Å². The molecule has 2 amide bonds. The van der Waals surface area contributed by atoms with Crippen LogP contribution in [0.5, 0.6) is 0 Å². The molecular formula is C12H12BrFN2O2. The molecule has 2 rings (SSSR count). The normalized spacial score (nSPS) is 19.9. The zero-order valence-electron chi connectivity index (χ0n) is 9.74. The van der Waals surface area contributed by atoms with Crippen molar-refractivity contribution >= 4 is 27.7 Å². The fourth-order valence-electron chi connectivity index (χ4n) is 1.83. The van der Waals surface area contributed by atoms with Gasteiger partial charge < -0.3 is 10.2 Å². The fraction of sp³-hybridized carbons (Fsp3) is 0.333. The highest BCUT2D eigenvalue weighted by Crippen LogP contribution is 2.19. The number of nitrogens with one attached hydrogen (secondary N) is 1. The lowest BCUT2D eigenvalue weighted by Crippen LogP contribution is -2.56. The Morgan fingerprint density at radius 2 is 2.22 bits per heavy atom. The minimum Gasteiger partial charge on any atom is -0.345 e. The van der Waals surface area contributed by atoms with E-state index in [2.05, 4.69) is 21.2 Å². The first-order valence-electron chi connectivity index (χ1n) is 5.50. The van der Waals surface area contributed by atoms with Crippen LogP contribution in [-0.4, -0.2) is 29.3 Å². The number of carbonyl (C=O) groups excluding carboxylic acids is 2. The van der Waals surface area contributed by atoms with Crippen LogP contribution in [-0.2, 0) is 16.1 Å². The number of piperazine rings is 1. The zero-order chi connectivity index (χ0) is 13.3. The summed E-state index contributed by atoms with van der Waals surface area (Å²) in [6.45, 7) is 1.99. The summed E-state index contributed by atoms with van der Waals surface area (Å²) in [5, 5.41) is 2.52. The molecule has 0 spiro atoms. The quantitative estimate of drug-likeness (QED) is 0.898. The lowest BCUT2D eigenvalue weighted by molar-refractivity contribution is -0.145. The van der Waals surface area contributed by atoms with Gasteiger partial charge in [-0.15, -0.1) is 0 Å². The number of halogens is 2. The maximum absolute atomic E-state index is 13.1. The van der Waals surface area contributed by atoms with Crippen LogP contribution >= 0.6 is 15.9 Å². The second kappa shape index (κ2) is 5.06. The van der Waals surface area contributed by atoms with E-state index in [0.717, 1.165) is 5.56 Å². The molecule has 1 aliphatic heterocycles. The predicted molar refractivity (Wildman–Crippen MR) is 67.1 cm³/mol. The molecule has 0 saturated carbocycles. The Bertz CT molecular complexity index is 507. The van der Waals surface area contributed by atoms with Crippen LogP contribution in [0, 0.1) is 5.82 Å². The molecule has 1 atom stereocenters. The third-order valence-corrected chi connectivity index (χ3v) is 3.53. The van der Waals surface area contributed by atoms with Crippen molar-refractivity contribution in [1.29, 1.82) is 0 Å². The number of carbonyl (C=O) groups is 2. The lowest BCUT2D eigenvalue weighted by Gasteiger charge is -2.32. The largest absolute Gasteiger partial charge is 0.345 e. The first-order valence-corrected chi connectivity index (χ1v) is 6.29. The van der Waals surface area contributed by atoms with Crippen molar-refractivity contribution < 1.29 is 14.0 Å². The van der Waals surface area contributed by atoms with Crippen LogP contribution in [0.1, 0.15) is 12.5 Å². The summed E-state index contributed by atoms with van der Waals surface area (Å²) in [6.07, 6.45) is 0. The molecule has 0 aromatic heterocycles. The van der Waals surface area contributed by atoms with Crippen molar-refractivity contribution in [3.8, 4) is 0 Å². The summed E-state index contributed by atoms with van der Waals surface area (Å²) in [7, 11) is 0. The molecule has 1 N–H and O–H groups in total. The van der Waals surface area contributed by atoms with Crippen LogP contribution < -0.4 is 5.32 Å². The first kappa shape index (κ1) is 13.0. The molecule has 0 bridgehead atoms. The minimum absolute atomic E-state index is 0.0194. The highest BCUT2D eigenvalue weighted by molar-refractivity contribution is 9.10. The van der Waals surface area contributed by atoms with Crippen LogP contribution in [0.4, 0.5) is 4.39 Å². The maximum atomic E-state index is 13.1. The van der Waals surface area contributed by atoms with Crippen LogP contribution in [0.15, 0.2) is 22.7 Å². The first-order chi connectivity index (χ1) is 8.49. The summed E-state index contributed by atoms with van der Waals surface area (Å²) in [4.78, 5) is 24.7. The van der Waals surface area contributed by atoms with Gasteiger partial charge in [-0.1, -0.05) is 6.07 Å². The lowest BCUT2D eigenvalue weighted by atomic mass is 10.1. The van der Waals surface area contributed by atoms with E-state index in [0.29, 0.717) is 11.0 Å². The molecule has 1 fully saturated rings. The Morgan fingerprint density at radius 3 is 2.89 bits per heavy atom. The number of nitrogens with zero attached hydrogens (tertiary/aromatic N) is 1. The Hall–Kier alpha value is -1.43. The number of amides is 2. The Balaban J connectivity index is 2.18. The van der Waals surface area contributed by atoms with Crippen LogP contribution in [0.25, 0.3) is 0 Å². The van der Waals surface area contributed by atoms with Crippen molar-refractivity contribution in [3.63, 3.8) is 0 Å². The molecule has 0 aliphatic carbocycles. The van der Waals surface area contributed by atoms with E-state index in [1.54, 1.807) is 19.1 Å². The summed E-state index contributed by atoms with van der Waals surface area (Å²) in [5.41, 5.74) is 0.776. The number of benzene rings is 1. The Morgan fingerprint density at radius 1 is 1.50 bits per heavy atom. The highest BCUT2D eigenvalue weighted by atomic mass is 79.9. The summed E-state index contributed by atoms with van der Waals surface area (Å²) >= 11 is 3.10. The molecule has 0 radical (unpaired) electrons. The Kier molecular flexibility index (Phi) is 3.65. The average Bonchev–Trinajstić information content (AvgIpc) is 2.34. The van der Waals surface area contributed by atoms with Crippen molar-refractivity contribution in [2.75, 3.05) is 6.54 Å². The van der Waals surface area contributed by atoms with Crippen molar-refractivity contribution in [1.82, 2.24) is 10.2 Å². The standard InChI is InChI=1S/C12H12BrFN2O2/c1-7-12(18)15-5-11(17)16(7)6-8-2-3-10(14)9(13)4-8/h2-4,7H,5-6H2,1H3,(H,15,18). The topological polar surface area (TPSA) is 49.4 Å². The molecular weight excluding hydrogens is 303 g/mol. The third kappa shape index (κ3) is 2.53. The molecule has 1 aromatic rings. The zero-order valence-corrected chi connectivity index (χ0v) is 11.3. The molecule has 18 heavy (non-hydrogen) atoms. The molecule has 1 heterocycles. The monoisotopic (exact) mass is 314 g/mol. The van der Waals surface area contributed by atoms with Crippen LogP contribution in [0.3, 0.4) is 0 Å². The van der Waals surface area contributed by atoms with E-state index in [-0.39, 0.29) is 24.2 Å². The molecule has 1 unspecified atom stereocenters. The van der Waals surface area contributed by atoms with Gasteiger partial charge in [0.25, 0.3) is 0 Å². The van der Waals surface area contributed by atoms with E-state index in [1.165, 1.54) is 11.0 Å². The summed E-state index contributed by atoms with van der Waals surface area (Å²) in [6, 6.07) is 4.04. The predicted octanol–water partition coefficient (Wildman–Crippen LogP) is 1.44. The van der Waals surface area contributed by atoms with Gasteiger partial charge in [0.2, 0.25) is 11.8 Å².